The van der Waals surface area contributed by atoms with Crippen LogP contribution in [0, 0.1) is 5.82 Å². The molecule has 0 bridgehead atoms. The number of esters is 1. The lowest BCUT2D eigenvalue weighted by molar-refractivity contribution is -0.134. The molecule has 5 nitrogen and oxygen atoms in total. The summed E-state index contributed by atoms with van der Waals surface area (Å²) in [5.41, 5.74) is 2.56. The number of benzene rings is 2. The van der Waals surface area contributed by atoms with Gasteiger partial charge in [-0.05, 0) is 60.2 Å². The fourth-order valence-electron chi connectivity index (χ4n) is 2.44. The number of rotatable bonds is 7. The van der Waals surface area contributed by atoms with Crippen molar-refractivity contribution in [2.45, 2.75) is 6.54 Å². The fraction of sp³-hybridized carbons (Fsp3) is 0.0909. The van der Waals surface area contributed by atoms with Crippen molar-refractivity contribution in [3.8, 4) is 11.5 Å². The zero-order valence-electron chi connectivity index (χ0n) is 15.3. The highest BCUT2D eigenvalue weighted by Crippen LogP contribution is 2.29. The Balaban J connectivity index is 1.82. The lowest BCUT2D eigenvalue weighted by Crippen LogP contribution is -2.00. The molecule has 3 aromatic rings. The van der Waals surface area contributed by atoms with Crippen molar-refractivity contribution in [2.24, 2.45) is 0 Å². The molecule has 2 aromatic carbocycles. The quantitative estimate of drug-likeness (QED) is 0.472. The molecule has 1 N–H and O–H groups in total. The van der Waals surface area contributed by atoms with Gasteiger partial charge in [-0.1, -0.05) is 6.07 Å². The second kappa shape index (κ2) is 9.32. The van der Waals surface area contributed by atoms with E-state index in [-0.39, 0.29) is 5.82 Å². The number of pyridine rings is 1. The van der Waals surface area contributed by atoms with Gasteiger partial charge in [-0.2, -0.15) is 0 Å². The molecule has 0 fully saturated rings. The van der Waals surface area contributed by atoms with E-state index >= 15 is 0 Å². The third-order valence-corrected chi connectivity index (χ3v) is 3.87. The van der Waals surface area contributed by atoms with E-state index in [1.54, 1.807) is 24.5 Å². The summed E-state index contributed by atoms with van der Waals surface area (Å²) in [5.74, 6) is 0.207. The molecule has 0 saturated heterocycles. The average molecular weight is 378 g/mol. The van der Waals surface area contributed by atoms with Gasteiger partial charge in [0.15, 0.2) is 0 Å². The molecule has 0 amide bonds. The van der Waals surface area contributed by atoms with Gasteiger partial charge in [-0.15, -0.1) is 0 Å². The van der Waals surface area contributed by atoms with Gasteiger partial charge in [0.05, 0.1) is 7.11 Å². The standard InChI is InChI=1S/C22H19FN2O3/c1-27-22(26)11-4-17-13-19(25-15-16-3-2-12-24-14-16)7-10-21(17)28-20-8-5-18(23)6-9-20/h2-14,25H,15H2,1H3. The number of hydrogen-bond acceptors (Lipinski definition) is 5. The number of aromatic nitrogens is 1. The molecular weight excluding hydrogens is 359 g/mol. The molecule has 1 aromatic heterocycles. The number of hydrogen-bond donors (Lipinski definition) is 1. The van der Waals surface area contributed by atoms with Crippen molar-refractivity contribution in [1.82, 2.24) is 4.98 Å². The minimum Gasteiger partial charge on any atom is -0.466 e. The van der Waals surface area contributed by atoms with Crippen LogP contribution in [0.4, 0.5) is 10.1 Å². The van der Waals surface area contributed by atoms with Gasteiger partial charge in [0.2, 0.25) is 0 Å². The van der Waals surface area contributed by atoms with E-state index in [1.807, 2.05) is 24.3 Å². The van der Waals surface area contributed by atoms with Crippen LogP contribution in [0.5, 0.6) is 11.5 Å². The molecular formula is C22H19FN2O3. The summed E-state index contributed by atoms with van der Waals surface area (Å²) in [6.07, 6.45) is 6.44. The van der Waals surface area contributed by atoms with Crippen LogP contribution in [-0.2, 0) is 16.1 Å². The number of nitrogens with zero attached hydrogens (tertiary/aromatic N) is 1. The number of carbonyl (C=O) groups excluding carboxylic acids is 1. The lowest BCUT2D eigenvalue weighted by atomic mass is 10.1. The molecule has 0 aliphatic heterocycles. The van der Waals surface area contributed by atoms with Gasteiger partial charge < -0.3 is 14.8 Å². The van der Waals surface area contributed by atoms with Gasteiger partial charge in [-0.25, -0.2) is 9.18 Å². The summed E-state index contributed by atoms with van der Waals surface area (Å²) in [6.45, 7) is 0.603. The largest absolute Gasteiger partial charge is 0.466 e. The van der Waals surface area contributed by atoms with Crippen LogP contribution in [0.1, 0.15) is 11.1 Å². The van der Waals surface area contributed by atoms with E-state index in [4.69, 9.17) is 4.74 Å². The molecule has 28 heavy (non-hydrogen) atoms. The second-order valence-electron chi connectivity index (χ2n) is 5.88. The van der Waals surface area contributed by atoms with Crippen molar-refractivity contribution in [3.05, 3.63) is 90.0 Å². The summed E-state index contributed by atoms with van der Waals surface area (Å²) in [4.78, 5) is 15.6. The average Bonchev–Trinajstić information content (AvgIpc) is 2.74. The first-order valence-electron chi connectivity index (χ1n) is 8.60. The molecule has 0 aliphatic rings. The van der Waals surface area contributed by atoms with Crippen LogP contribution < -0.4 is 10.1 Å². The Morgan fingerprint density at radius 3 is 2.71 bits per heavy atom. The molecule has 6 heteroatoms. The number of methoxy groups -OCH3 is 1. The van der Waals surface area contributed by atoms with E-state index in [2.05, 4.69) is 15.0 Å². The molecule has 0 unspecified atom stereocenters. The predicted molar refractivity (Wildman–Crippen MR) is 106 cm³/mol. The maximum Gasteiger partial charge on any atom is 0.330 e. The molecule has 0 saturated carbocycles. The fourth-order valence-corrected chi connectivity index (χ4v) is 2.44. The summed E-state index contributed by atoms with van der Waals surface area (Å²) in [5, 5.41) is 3.31. The highest BCUT2D eigenvalue weighted by molar-refractivity contribution is 5.87. The van der Waals surface area contributed by atoms with E-state index in [1.165, 1.54) is 37.5 Å². The second-order valence-corrected chi connectivity index (χ2v) is 5.88. The summed E-state index contributed by atoms with van der Waals surface area (Å²) in [6, 6.07) is 15.1. The Hall–Kier alpha value is -3.67. The SMILES string of the molecule is COC(=O)C=Cc1cc(NCc2cccnc2)ccc1Oc1ccc(F)cc1. The zero-order chi connectivity index (χ0) is 19.8. The summed E-state index contributed by atoms with van der Waals surface area (Å²) >= 11 is 0. The van der Waals surface area contributed by atoms with E-state index in [0.29, 0.717) is 23.6 Å². The maximum atomic E-state index is 13.1. The van der Waals surface area contributed by atoms with Crippen LogP contribution in [-0.4, -0.2) is 18.1 Å². The lowest BCUT2D eigenvalue weighted by Gasteiger charge is -2.12. The van der Waals surface area contributed by atoms with E-state index < -0.39 is 5.97 Å². The third-order valence-electron chi connectivity index (χ3n) is 3.87. The van der Waals surface area contributed by atoms with Crippen molar-refractivity contribution >= 4 is 17.7 Å². The molecule has 0 aliphatic carbocycles. The Morgan fingerprint density at radius 2 is 2.00 bits per heavy atom. The molecule has 142 valence electrons. The number of anilines is 1. The third kappa shape index (κ3) is 5.41. The van der Waals surface area contributed by atoms with E-state index in [0.717, 1.165) is 11.3 Å². The Bertz CT molecular complexity index is 957. The van der Waals surface area contributed by atoms with Crippen LogP contribution in [0.15, 0.2) is 73.1 Å². The first kappa shape index (κ1) is 19.1. The topological polar surface area (TPSA) is 60.5 Å². The van der Waals surface area contributed by atoms with Crippen molar-refractivity contribution in [1.29, 1.82) is 0 Å². The molecule has 3 rings (SSSR count). The normalized spacial score (nSPS) is 10.6. The maximum absolute atomic E-state index is 13.1. The minimum absolute atomic E-state index is 0.340. The number of ether oxygens (including phenoxy) is 2. The first-order chi connectivity index (χ1) is 13.6. The van der Waals surface area contributed by atoms with Crippen LogP contribution in [0.25, 0.3) is 6.08 Å². The smallest absolute Gasteiger partial charge is 0.330 e. The molecule has 0 spiro atoms. The molecule has 1 heterocycles. The molecule has 0 radical (unpaired) electrons. The number of halogens is 1. The van der Waals surface area contributed by atoms with Crippen LogP contribution >= 0.6 is 0 Å². The Labute approximate surface area is 162 Å². The highest BCUT2D eigenvalue weighted by Gasteiger charge is 2.06. The van der Waals surface area contributed by atoms with Crippen molar-refractivity contribution in [3.63, 3.8) is 0 Å². The summed E-state index contributed by atoms with van der Waals surface area (Å²) < 4.78 is 23.6. The zero-order valence-corrected chi connectivity index (χ0v) is 15.3. The minimum atomic E-state index is -0.471. The predicted octanol–water partition coefficient (Wildman–Crippen LogP) is 4.81. The van der Waals surface area contributed by atoms with Gasteiger partial charge in [-0.3, -0.25) is 4.98 Å². The van der Waals surface area contributed by atoms with E-state index in [9.17, 15) is 9.18 Å². The van der Waals surface area contributed by atoms with Crippen molar-refractivity contribution < 1.29 is 18.7 Å². The molecule has 0 atom stereocenters. The van der Waals surface area contributed by atoms with Gasteiger partial charge in [0, 0.05) is 36.3 Å². The summed E-state index contributed by atoms with van der Waals surface area (Å²) in [7, 11) is 1.31. The Kier molecular flexibility index (Phi) is 6.36. The van der Waals surface area contributed by atoms with Gasteiger partial charge in [0.25, 0.3) is 0 Å². The van der Waals surface area contributed by atoms with Crippen molar-refractivity contribution in [2.75, 3.05) is 12.4 Å². The van der Waals surface area contributed by atoms with Gasteiger partial charge in [0.1, 0.15) is 17.3 Å². The van der Waals surface area contributed by atoms with Crippen LogP contribution in [0.3, 0.4) is 0 Å². The number of nitrogens with one attached hydrogen (secondary N) is 1. The first-order valence-corrected chi connectivity index (χ1v) is 8.60. The van der Waals surface area contributed by atoms with Crippen LogP contribution in [0.2, 0.25) is 0 Å². The highest BCUT2D eigenvalue weighted by atomic mass is 19.1. The Morgan fingerprint density at radius 1 is 1.18 bits per heavy atom. The van der Waals surface area contributed by atoms with Gasteiger partial charge >= 0.3 is 5.97 Å². The monoisotopic (exact) mass is 378 g/mol. The number of carbonyl (C=O) groups is 1.